The number of aliphatic carboxylic acids is 1. The van der Waals surface area contributed by atoms with Gasteiger partial charge in [0.05, 0.1) is 5.69 Å². The summed E-state index contributed by atoms with van der Waals surface area (Å²) in [5, 5.41) is 15.6. The van der Waals surface area contributed by atoms with Crippen LogP contribution in [0.4, 0.5) is 0 Å². The summed E-state index contributed by atoms with van der Waals surface area (Å²) in [6.45, 7) is 0.717. The van der Waals surface area contributed by atoms with Crippen LogP contribution in [0.1, 0.15) is 24.5 Å². The second-order valence-electron chi connectivity index (χ2n) is 3.49. The van der Waals surface area contributed by atoms with Crippen molar-refractivity contribution in [2.45, 2.75) is 24.8 Å². The Labute approximate surface area is 81.1 Å². The lowest BCUT2D eigenvalue weighted by Gasteiger charge is -2.26. The van der Waals surface area contributed by atoms with E-state index >= 15 is 0 Å². The first-order chi connectivity index (χ1) is 6.77. The lowest BCUT2D eigenvalue weighted by Crippen LogP contribution is -2.42. The van der Waals surface area contributed by atoms with Crippen molar-refractivity contribution in [3.63, 3.8) is 0 Å². The van der Waals surface area contributed by atoms with Crippen molar-refractivity contribution < 1.29 is 14.4 Å². The SMILES string of the molecule is O=C(O)C1CC(c2ccon2)CCN1. The first-order valence-corrected chi connectivity index (χ1v) is 4.64. The van der Waals surface area contributed by atoms with Gasteiger partial charge in [0.1, 0.15) is 12.3 Å². The van der Waals surface area contributed by atoms with Gasteiger partial charge in [0.2, 0.25) is 0 Å². The molecule has 5 heteroatoms. The number of hydrogen-bond acceptors (Lipinski definition) is 4. The third-order valence-electron chi connectivity index (χ3n) is 2.58. The van der Waals surface area contributed by atoms with E-state index in [0.717, 1.165) is 12.1 Å². The van der Waals surface area contributed by atoms with Gasteiger partial charge < -0.3 is 14.9 Å². The zero-order valence-corrected chi connectivity index (χ0v) is 7.64. The summed E-state index contributed by atoms with van der Waals surface area (Å²) in [7, 11) is 0. The van der Waals surface area contributed by atoms with Crippen LogP contribution in [0, 0.1) is 0 Å². The molecule has 0 bridgehead atoms. The van der Waals surface area contributed by atoms with Gasteiger partial charge in [-0.3, -0.25) is 4.79 Å². The van der Waals surface area contributed by atoms with Crippen LogP contribution in [0.3, 0.4) is 0 Å². The van der Waals surface area contributed by atoms with Gasteiger partial charge in [0.25, 0.3) is 0 Å². The van der Waals surface area contributed by atoms with Crippen molar-refractivity contribution in [2.24, 2.45) is 0 Å². The second kappa shape index (κ2) is 3.79. The van der Waals surface area contributed by atoms with Gasteiger partial charge in [0, 0.05) is 12.0 Å². The maximum absolute atomic E-state index is 10.8. The maximum Gasteiger partial charge on any atom is 0.320 e. The third-order valence-corrected chi connectivity index (χ3v) is 2.58. The zero-order valence-electron chi connectivity index (χ0n) is 7.64. The van der Waals surface area contributed by atoms with Crippen LogP contribution in [0.25, 0.3) is 0 Å². The molecule has 0 amide bonds. The molecule has 2 N–H and O–H groups in total. The Morgan fingerprint density at radius 2 is 2.57 bits per heavy atom. The van der Waals surface area contributed by atoms with E-state index in [4.69, 9.17) is 9.63 Å². The average molecular weight is 196 g/mol. The summed E-state index contributed by atoms with van der Waals surface area (Å²) in [4.78, 5) is 10.8. The van der Waals surface area contributed by atoms with Crippen molar-refractivity contribution in [3.8, 4) is 0 Å². The average Bonchev–Trinajstić information content (AvgIpc) is 2.71. The molecular weight excluding hydrogens is 184 g/mol. The summed E-state index contributed by atoms with van der Waals surface area (Å²) in [6.07, 6.45) is 3.02. The molecule has 2 rings (SSSR count). The normalized spacial score (nSPS) is 27.4. The van der Waals surface area contributed by atoms with Gasteiger partial charge in [0.15, 0.2) is 0 Å². The number of nitrogens with one attached hydrogen (secondary N) is 1. The molecule has 2 atom stereocenters. The monoisotopic (exact) mass is 196 g/mol. The molecule has 1 saturated heterocycles. The Morgan fingerprint density at radius 1 is 1.71 bits per heavy atom. The van der Waals surface area contributed by atoms with Gasteiger partial charge in [-0.25, -0.2) is 0 Å². The Balaban J connectivity index is 2.04. The number of hydrogen-bond donors (Lipinski definition) is 2. The molecule has 76 valence electrons. The quantitative estimate of drug-likeness (QED) is 0.724. The highest BCUT2D eigenvalue weighted by atomic mass is 16.5. The van der Waals surface area contributed by atoms with Gasteiger partial charge in [-0.2, -0.15) is 0 Å². The highest BCUT2D eigenvalue weighted by molar-refractivity contribution is 5.73. The van der Waals surface area contributed by atoms with Crippen molar-refractivity contribution in [3.05, 3.63) is 18.0 Å². The molecule has 1 fully saturated rings. The summed E-state index contributed by atoms with van der Waals surface area (Å²) < 4.78 is 4.75. The highest BCUT2D eigenvalue weighted by Crippen LogP contribution is 2.26. The fraction of sp³-hybridized carbons (Fsp3) is 0.556. The minimum absolute atomic E-state index is 0.205. The number of piperidine rings is 1. The van der Waals surface area contributed by atoms with Crippen LogP contribution in [0.2, 0.25) is 0 Å². The minimum atomic E-state index is -0.793. The van der Waals surface area contributed by atoms with Gasteiger partial charge in [-0.15, -0.1) is 0 Å². The number of carbonyl (C=O) groups is 1. The molecule has 0 aromatic carbocycles. The highest BCUT2D eigenvalue weighted by Gasteiger charge is 2.28. The molecule has 2 heterocycles. The lowest BCUT2D eigenvalue weighted by molar-refractivity contribution is -0.140. The van der Waals surface area contributed by atoms with E-state index in [2.05, 4.69) is 10.5 Å². The van der Waals surface area contributed by atoms with Crippen molar-refractivity contribution >= 4 is 5.97 Å². The van der Waals surface area contributed by atoms with Crippen LogP contribution in [0.5, 0.6) is 0 Å². The van der Waals surface area contributed by atoms with E-state index in [1.54, 1.807) is 6.07 Å². The van der Waals surface area contributed by atoms with Crippen LogP contribution in [0.15, 0.2) is 16.9 Å². The molecule has 1 aromatic heterocycles. The molecule has 1 aromatic rings. The predicted molar refractivity (Wildman–Crippen MR) is 47.9 cm³/mol. The topological polar surface area (TPSA) is 75.4 Å². The summed E-state index contributed by atoms with van der Waals surface area (Å²) >= 11 is 0. The first kappa shape index (κ1) is 9.21. The fourth-order valence-corrected chi connectivity index (χ4v) is 1.81. The molecule has 1 aliphatic heterocycles. The number of rotatable bonds is 2. The van der Waals surface area contributed by atoms with Gasteiger partial charge in [-0.05, 0) is 19.4 Å². The lowest BCUT2D eigenvalue weighted by atomic mass is 9.90. The minimum Gasteiger partial charge on any atom is -0.480 e. The molecular formula is C9H12N2O3. The molecule has 0 saturated carbocycles. The number of carboxylic acids is 1. The zero-order chi connectivity index (χ0) is 9.97. The Hall–Kier alpha value is -1.36. The first-order valence-electron chi connectivity index (χ1n) is 4.64. The maximum atomic E-state index is 10.8. The Bertz CT molecular complexity index is 310. The van der Waals surface area contributed by atoms with Crippen molar-refractivity contribution in [2.75, 3.05) is 6.54 Å². The van der Waals surface area contributed by atoms with E-state index in [-0.39, 0.29) is 5.92 Å². The van der Waals surface area contributed by atoms with Crippen LogP contribution in [-0.4, -0.2) is 28.8 Å². The van der Waals surface area contributed by atoms with Crippen LogP contribution >= 0.6 is 0 Å². The van der Waals surface area contributed by atoms with E-state index < -0.39 is 12.0 Å². The molecule has 5 nitrogen and oxygen atoms in total. The smallest absolute Gasteiger partial charge is 0.320 e. The Morgan fingerprint density at radius 3 is 3.21 bits per heavy atom. The molecule has 1 aliphatic rings. The summed E-state index contributed by atoms with van der Waals surface area (Å²) in [6, 6.07) is 1.35. The van der Waals surface area contributed by atoms with Gasteiger partial charge in [-0.1, -0.05) is 5.16 Å². The van der Waals surface area contributed by atoms with E-state index in [1.165, 1.54) is 6.26 Å². The van der Waals surface area contributed by atoms with Crippen LogP contribution < -0.4 is 5.32 Å². The van der Waals surface area contributed by atoms with Gasteiger partial charge >= 0.3 is 5.97 Å². The van der Waals surface area contributed by atoms with Crippen molar-refractivity contribution in [1.82, 2.24) is 10.5 Å². The molecule has 0 aliphatic carbocycles. The van der Waals surface area contributed by atoms with E-state index in [9.17, 15) is 4.79 Å². The van der Waals surface area contributed by atoms with E-state index in [0.29, 0.717) is 13.0 Å². The number of carboxylic acid groups (broad SMARTS) is 1. The standard InChI is InChI=1S/C9H12N2O3/c12-9(13)8-5-6(1-3-10-8)7-2-4-14-11-7/h2,4,6,8,10H,1,3,5H2,(H,12,13). The molecule has 0 radical (unpaired) electrons. The fourth-order valence-electron chi connectivity index (χ4n) is 1.81. The van der Waals surface area contributed by atoms with Crippen molar-refractivity contribution in [1.29, 1.82) is 0 Å². The number of nitrogens with zero attached hydrogens (tertiary/aromatic N) is 1. The third kappa shape index (κ3) is 1.77. The number of aromatic nitrogens is 1. The van der Waals surface area contributed by atoms with Crippen LogP contribution in [-0.2, 0) is 4.79 Å². The second-order valence-corrected chi connectivity index (χ2v) is 3.49. The molecule has 0 spiro atoms. The predicted octanol–water partition coefficient (Wildman–Crippen LogP) is 0.595. The molecule has 14 heavy (non-hydrogen) atoms. The summed E-state index contributed by atoms with van der Waals surface area (Å²) in [5.41, 5.74) is 0.859. The largest absolute Gasteiger partial charge is 0.480 e. The van der Waals surface area contributed by atoms with E-state index in [1.807, 2.05) is 0 Å². The molecule has 2 unspecified atom stereocenters. The summed E-state index contributed by atoms with van der Waals surface area (Å²) in [5.74, 6) is -0.589. The Kier molecular flexibility index (Phi) is 2.49.